The number of aromatic nitrogens is 1. The smallest absolute Gasteiger partial charge is 0.271 e. The molecule has 0 spiro atoms. The van der Waals surface area contributed by atoms with Gasteiger partial charge in [0.15, 0.2) is 0 Å². The van der Waals surface area contributed by atoms with Crippen molar-refractivity contribution in [3.8, 4) is 11.1 Å². The van der Waals surface area contributed by atoms with E-state index < -0.39 is 12.1 Å². The summed E-state index contributed by atoms with van der Waals surface area (Å²) in [6.07, 6.45) is 1.61. The number of carbonyl (C=O) groups is 4. The third-order valence-corrected chi connectivity index (χ3v) is 8.91. The SMILES string of the molecule is CC1(C)[C@@H]2[C@@H](C(=O)NC(C=O)C[C@@H]3CCNC3=O)N(C(=O)c3[nH]c4ccccc4c3-c3ccccc3)C[C@@H]21. The molecule has 1 saturated carbocycles. The summed E-state index contributed by atoms with van der Waals surface area (Å²) in [6.45, 7) is 5.32. The van der Waals surface area contributed by atoms with E-state index in [-0.39, 0.29) is 47.3 Å². The minimum atomic E-state index is -0.776. The van der Waals surface area contributed by atoms with Crippen molar-refractivity contribution in [2.45, 2.75) is 38.8 Å². The second-order valence-electron chi connectivity index (χ2n) is 11.4. The largest absolute Gasteiger partial charge is 0.356 e. The summed E-state index contributed by atoms with van der Waals surface area (Å²) in [5.74, 6) is -0.707. The van der Waals surface area contributed by atoms with Gasteiger partial charge in [0.25, 0.3) is 5.91 Å². The number of aldehydes is 1. The number of nitrogens with zero attached hydrogens (tertiary/aromatic N) is 1. The van der Waals surface area contributed by atoms with Gasteiger partial charge in [-0.1, -0.05) is 62.4 Å². The molecule has 8 heteroatoms. The summed E-state index contributed by atoms with van der Waals surface area (Å²) >= 11 is 0. The van der Waals surface area contributed by atoms with E-state index in [4.69, 9.17) is 0 Å². The second kappa shape index (κ2) is 9.11. The average Bonchev–Trinajstić information content (AvgIpc) is 3.40. The molecule has 3 aromatic rings. The lowest BCUT2D eigenvalue weighted by Gasteiger charge is -2.31. The van der Waals surface area contributed by atoms with Crippen LogP contribution in [0.3, 0.4) is 0 Å². The van der Waals surface area contributed by atoms with Crippen molar-refractivity contribution in [2.75, 3.05) is 13.1 Å². The topological polar surface area (TPSA) is 111 Å². The van der Waals surface area contributed by atoms with Gasteiger partial charge in [-0.05, 0) is 41.7 Å². The molecule has 3 fully saturated rings. The Labute approximate surface area is 221 Å². The fraction of sp³-hybridized carbons (Fsp3) is 0.400. The quantitative estimate of drug-likeness (QED) is 0.422. The number of amides is 3. The van der Waals surface area contributed by atoms with E-state index in [0.29, 0.717) is 31.5 Å². The van der Waals surface area contributed by atoms with Gasteiger partial charge in [-0.2, -0.15) is 0 Å². The Bertz CT molecular complexity index is 1430. The van der Waals surface area contributed by atoms with Crippen molar-refractivity contribution in [1.82, 2.24) is 20.5 Å². The third kappa shape index (κ3) is 3.90. The standard InChI is InChI=1S/C30H32N4O4/c1-30(2)21-15-34(26(24(21)30)28(37)32-19(16-35)14-18-12-13-31-27(18)36)29(38)25-23(17-8-4-3-5-9-17)20-10-6-7-11-22(20)33-25/h3-11,16,18-19,21,24,26,33H,12-15H2,1-2H3,(H,31,36)(H,32,37)/t18-,19?,21-,24-,26-/m0/s1. The molecule has 1 aromatic heterocycles. The van der Waals surface area contributed by atoms with Crippen LogP contribution in [0.4, 0.5) is 0 Å². The fourth-order valence-corrected chi connectivity index (χ4v) is 6.74. The number of aromatic amines is 1. The van der Waals surface area contributed by atoms with Crippen LogP contribution in [0.5, 0.6) is 0 Å². The maximum atomic E-state index is 14.2. The molecule has 3 N–H and O–H groups in total. The van der Waals surface area contributed by atoms with Gasteiger partial charge in [-0.3, -0.25) is 14.4 Å². The van der Waals surface area contributed by atoms with Gasteiger partial charge in [0, 0.05) is 35.5 Å². The van der Waals surface area contributed by atoms with Crippen LogP contribution in [-0.4, -0.2) is 59.1 Å². The van der Waals surface area contributed by atoms with Gasteiger partial charge < -0.3 is 25.3 Å². The minimum absolute atomic E-state index is 0.0121. The number of benzene rings is 2. The summed E-state index contributed by atoms with van der Waals surface area (Å²) in [5.41, 5.74) is 3.00. The lowest BCUT2D eigenvalue weighted by atomic mass is 9.96. The molecule has 2 aliphatic heterocycles. The molecular formula is C30H32N4O4. The van der Waals surface area contributed by atoms with Crippen LogP contribution in [-0.2, 0) is 14.4 Å². The van der Waals surface area contributed by atoms with Crippen molar-refractivity contribution in [3.05, 3.63) is 60.3 Å². The molecule has 1 aliphatic carbocycles. The fourth-order valence-electron chi connectivity index (χ4n) is 6.74. The van der Waals surface area contributed by atoms with Crippen LogP contribution in [0.25, 0.3) is 22.0 Å². The molecule has 2 aromatic carbocycles. The van der Waals surface area contributed by atoms with Crippen molar-refractivity contribution in [1.29, 1.82) is 0 Å². The van der Waals surface area contributed by atoms with E-state index in [1.807, 2.05) is 54.6 Å². The van der Waals surface area contributed by atoms with E-state index in [0.717, 1.165) is 22.0 Å². The number of rotatable bonds is 7. The monoisotopic (exact) mass is 512 g/mol. The highest BCUT2D eigenvalue weighted by molar-refractivity contribution is 6.10. The Morgan fingerprint density at radius 1 is 1.13 bits per heavy atom. The van der Waals surface area contributed by atoms with Crippen molar-refractivity contribution in [3.63, 3.8) is 0 Å². The molecule has 3 amide bonds. The van der Waals surface area contributed by atoms with E-state index in [2.05, 4.69) is 29.5 Å². The number of fused-ring (bicyclic) bond motifs is 2. The van der Waals surface area contributed by atoms with E-state index >= 15 is 0 Å². The molecule has 6 rings (SSSR count). The van der Waals surface area contributed by atoms with Crippen LogP contribution >= 0.6 is 0 Å². The number of nitrogens with one attached hydrogen (secondary N) is 3. The minimum Gasteiger partial charge on any atom is -0.356 e. The van der Waals surface area contributed by atoms with Crippen molar-refractivity contribution in [2.24, 2.45) is 23.2 Å². The predicted molar refractivity (Wildman–Crippen MR) is 143 cm³/mol. The number of carbonyl (C=O) groups excluding carboxylic acids is 4. The van der Waals surface area contributed by atoms with Crippen LogP contribution in [0, 0.1) is 23.2 Å². The first-order valence-electron chi connectivity index (χ1n) is 13.3. The highest BCUT2D eigenvalue weighted by Gasteiger charge is 2.69. The molecular weight excluding hydrogens is 480 g/mol. The molecule has 8 nitrogen and oxygen atoms in total. The van der Waals surface area contributed by atoms with E-state index in [1.54, 1.807) is 4.90 Å². The Kier molecular flexibility index (Phi) is 5.85. The van der Waals surface area contributed by atoms with Crippen molar-refractivity contribution >= 4 is 34.9 Å². The maximum Gasteiger partial charge on any atom is 0.271 e. The Balaban J connectivity index is 1.31. The molecule has 1 unspecified atom stereocenters. The van der Waals surface area contributed by atoms with Gasteiger partial charge in [-0.25, -0.2) is 0 Å². The highest BCUT2D eigenvalue weighted by Crippen LogP contribution is 2.65. The molecule has 2 saturated heterocycles. The summed E-state index contributed by atoms with van der Waals surface area (Å²) in [5, 5.41) is 6.59. The summed E-state index contributed by atoms with van der Waals surface area (Å²) in [7, 11) is 0. The molecule has 3 heterocycles. The lowest BCUT2D eigenvalue weighted by Crippen LogP contribution is -2.52. The summed E-state index contributed by atoms with van der Waals surface area (Å²) in [6, 6.07) is 16.1. The third-order valence-electron chi connectivity index (χ3n) is 8.91. The second-order valence-corrected chi connectivity index (χ2v) is 11.4. The number of H-pyrrole nitrogens is 1. The van der Waals surface area contributed by atoms with Gasteiger partial charge in [0.1, 0.15) is 18.0 Å². The van der Waals surface area contributed by atoms with Crippen molar-refractivity contribution < 1.29 is 19.2 Å². The zero-order chi connectivity index (χ0) is 26.6. The number of likely N-dealkylation sites (tertiary alicyclic amines) is 1. The van der Waals surface area contributed by atoms with Gasteiger partial charge in [0.2, 0.25) is 11.8 Å². The molecule has 3 aliphatic rings. The van der Waals surface area contributed by atoms with Crippen LogP contribution in [0.1, 0.15) is 37.2 Å². The van der Waals surface area contributed by atoms with Crippen LogP contribution in [0.15, 0.2) is 54.6 Å². The Hall–Kier alpha value is -3.94. The average molecular weight is 513 g/mol. The van der Waals surface area contributed by atoms with Gasteiger partial charge in [-0.15, -0.1) is 0 Å². The predicted octanol–water partition coefficient (Wildman–Crippen LogP) is 3.14. The number of piperidine rings is 1. The van der Waals surface area contributed by atoms with Gasteiger partial charge >= 0.3 is 0 Å². The Morgan fingerprint density at radius 3 is 2.58 bits per heavy atom. The summed E-state index contributed by atoms with van der Waals surface area (Å²) in [4.78, 5) is 56.8. The molecule has 0 radical (unpaired) electrons. The normalized spacial score (nSPS) is 26.1. The molecule has 0 bridgehead atoms. The van der Waals surface area contributed by atoms with E-state index in [1.165, 1.54) is 0 Å². The Morgan fingerprint density at radius 2 is 1.87 bits per heavy atom. The zero-order valence-corrected chi connectivity index (χ0v) is 21.6. The van der Waals surface area contributed by atoms with Crippen LogP contribution < -0.4 is 10.6 Å². The molecule has 196 valence electrons. The van der Waals surface area contributed by atoms with Gasteiger partial charge in [0.05, 0.1) is 6.04 Å². The number of hydrogen-bond acceptors (Lipinski definition) is 4. The van der Waals surface area contributed by atoms with Crippen LogP contribution in [0.2, 0.25) is 0 Å². The number of hydrogen-bond donors (Lipinski definition) is 3. The molecule has 38 heavy (non-hydrogen) atoms. The first-order valence-corrected chi connectivity index (χ1v) is 13.3. The highest BCUT2D eigenvalue weighted by atomic mass is 16.2. The zero-order valence-electron chi connectivity index (χ0n) is 21.6. The summed E-state index contributed by atoms with van der Waals surface area (Å²) < 4.78 is 0. The first kappa shape index (κ1) is 24.4. The number of para-hydroxylation sites is 1. The first-order chi connectivity index (χ1) is 18.3. The van der Waals surface area contributed by atoms with E-state index in [9.17, 15) is 19.2 Å². The lowest BCUT2D eigenvalue weighted by molar-refractivity contribution is -0.129. The maximum absolute atomic E-state index is 14.2. The molecule has 5 atom stereocenters.